The Morgan fingerprint density at radius 1 is 1.05 bits per heavy atom. The van der Waals surface area contributed by atoms with Crippen LogP contribution in [0.1, 0.15) is 43.7 Å². The van der Waals surface area contributed by atoms with Crippen LogP contribution in [0, 0.1) is 24.7 Å². The Balaban J connectivity index is 1.30. The number of aryl methyl sites for hydroxylation is 1. The van der Waals surface area contributed by atoms with E-state index in [0.29, 0.717) is 24.6 Å². The number of likely N-dealkylation sites (tertiary alicyclic amines) is 1. The van der Waals surface area contributed by atoms with Crippen molar-refractivity contribution in [3.63, 3.8) is 0 Å². The molecule has 2 saturated heterocycles. The molecule has 2 aromatic rings. The van der Waals surface area contributed by atoms with E-state index in [1.54, 1.807) is 4.90 Å². The van der Waals surface area contributed by atoms with Crippen molar-refractivity contribution in [3.05, 3.63) is 77.9 Å². The summed E-state index contributed by atoms with van der Waals surface area (Å²) in [5.41, 5.74) is 1.67. The molecule has 2 bridgehead atoms. The molecule has 7 heteroatoms. The summed E-state index contributed by atoms with van der Waals surface area (Å²) in [7, 11) is 0. The van der Waals surface area contributed by atoms with Crippen molar-refractivity contribution in [2.75, 3.05) is 11.9 Å². The molecule has 1 saturated carbocycles. The molecular formula is C32H37N3O4. The van der Waals surface area contributed by atoms with Gasteiger partial charge in [0, 0.05) is 18.3 Å². The summed E-state index contributed by atoms with van der Waals surface area (Å²) < 4.78 is 6.49. The van der Waals surface area contributed by atoms with Gasteiger partial charge in [0.2, 0.25) is 17.7 Å². The fourth-order valence-electron chi connectivity index (χ4n) is 7.14. The van der Waals surface area contributed by atoms with E-state index in [1.165, 1.54) is 6.42 Å². The van der Waals surface area contributed by atoms with Crippen LogP contribution in [0.5, 0.6) is 0 Å². The number of hydrogen-bond donors (Lipinski definition) is 2. The van der Waals surface area contributed by atoms with E-state index >= 15 is 0 Å². The van der Waals surface area contributed by atoms with Crippen LogP contribution < -0.4 is 10.6 Å². The molecule has 0 radical (unpaired) electrons. The zero-order valence-electron chi connectivity index (χ0n) is 22.6. The monoisotopic (exact) mass is 527 g/mol. The standard InChI is InChI=1S/C32H37N3O4/c1-20-9-8-13-23(19-20)33-29(36)26-25-15-17-32(39-25)27(26)31(38)35(18-16-22-11-4-3-5-12-22)28(32)30(37)34-24-14-7-6-10-21(24)2/h3-5,8-9,11-13,15,17,19,21,24-28H,6-7,10,14,16,18H2,1-2H3,(H,33,36)(H,34,37). The number of fused-ring (bicyclic) bond motifs is 1. The predicted octanol–water partition coefficient (Wildman–Crippen LogP) is 4.02. The third kappa shape index (κ3) is 4.56. The molecule has 2 N–H and O–H groups in total. The quantitative estimate of drug-likeness (QED) is 0.533. The summed E-state index contributed by atoms with van der Waals surface area (Å²) in [6, 6.07) is 16.8. The van der Waals surface area contributed by atoms with Crippen LogP contribution >= 0.6 is 0 Å². The van der Waals surface area contributed by atoms with E-state index in [0.717, 1.165) is 30.4 Å². The lowest BCUT2D eigenvalue weighted by molar-refractivity contribution is -0.141. The lowest BCUT2D eigenvalue weighted by Gasteiger charge is -2.36. The number of amides is 3. The largest absolute Gasteiger partial charge is 0.359 e. The van der Waals surface area contributed by atoms with Crippen LogP contribution in [0.25, 0.3) is 0 Å². The van der Waals surface area contributed by atoms with Crippen molar-refractivity contribution in [3.8, 4) is 0 Å². The number of nitrogens with zero attached hydrogens (tertiary/aromatic N) is 1. The molecule has 3 aliphatic heterocycles. The highest BCUT2D eigenvalue weighted by atomic mass is 16.5. The van der Waals surface area contributed by atoms with Crippen LogP contribution in [0.4, 0.5) is 5.69 Å². The average molecular weight is 528 g/mol. The van der Waals surface area contributed by atoms with Crippen molar-refractivity contribution in [1.82, 2.24) is 10.2 Å². The van der Waals surface area contributed by atoms with Gasteiger partial charge in [0.25, 0.3) is 0 Å². The summed E-state index contributed by atoms with van der Waals surface area (Å²) >= 11 is 0. The lowest BCUT2D eigenvalue weighted by atomic mass is 9.74. The first-order valence-corrected chi connectivity index (χ1v) is 14.3. The zero-order valence-corrected chi connectivity index (χ0v) is 22.6. The Kier molecular flexibility index (Phi) is 6.79. The zero-order chi connectivity index (χ0) is 27.1. The third-order valence-electron chi connectivity index (χ3n) is 9.13. The van der Waals surface area contributed by atoms with Gasteiger partial charge in [0.15, 0.2) is 0 Å². The van der Waals surface area contributed by atoms with E-state index in [2.05, 4.69) is 17.6 Å². The number of anilines is 1. The first kappa shape index (κ1) is 25.8. The summed E-state index contributed by atoms with van der Waals surface area (Å²) in [5, 5.41) is 6.30. The highest BCUT2D eigenvalue weighted by Gasteiger charge is 2.72. The van der Waals surface area contributed by atoms with Gasteiger partial charge in [-0.3, -0.25) is 14.4 Å². The molecule has 7 nitrogen and oxygen atoms in total. The third-order valence-corrected chi connectivity index (χ3v) is 9.13. The Hall–Kier alpha value is -3.45. The Labute approximate surface area is 230 Å². The highest BCUT2D eigenvalue weighted by Crippen LogP contribution is 2.55. The molecule has 1 aliphatic carbocycles. The van der Waals surface area contributed by atoms with Crippen molar-refractivity contribution >= 4 is 23.4 Å². The smallest absolute Gasteiger partial charge is 0.246 e. The van der Waals surface area contributed by atoms with Gasteiger partial charge in [-0.25, -0.2) is 0 Å². The Morgan fingerprint density at radius 2 is 1.85 bits per heavy atom. The van der Waals surface area contributed by atoms with E-state index in [9.17, 15) is 14.4 Å². The molecule has 3 amide bonds. The number of ether oxygens (including phenoxy) is 1. The lowest BCUT2D eigenvalue weighted by Crippen LogP contribution is -2.57. The van der Waals surface area contributed by atoms with Gasteiger partial charge in [0.1, 0.15) is 11.6 Å². The molecule has 204 valence electrons. The molecule has 7 atom stereocenters. The van der Waals surface area contributed by atoms with Crippen LogP contribution in [0.2, 0.25) is 0 Å². The topological polar surface area (TPSA) is 87.7 Å². The van der Waals surface area contributed by atoms with E-state index < -0.39 is 29.6 Å². The minimum Gasteiger partial charge on any atom is -0.359 e. The second-order valence-electron chi connectivity index (χ2n) is 11.7. The SMILES string of the molecule is Cc1cccc(NC(=O)C2C3C=CC4(O3)C2C(=O)N(CCc2ccccc2)C4C(=O)NC2CCCCC2C)c1. The number of rotatable bonds is 7. The van der Waals surface area contributed by atoms with E-state index in [1.807, 2.05) is 73.7 Å². The molecule has 6 rings (SSSR count). The maximum Gasteiger partial charge on any atom is 0.246 e. The molecule has 2 aromatic carbocycles. The van der Waals surface area contributed by atoms with Crippen LogP contribution in [-0.4, -0.2) is 53.0 Å². The Morgan fingerprint density at radius 3 is 2.62 bits per heavy atom. The maximum atomic E-state index is 14.1. The molecule has 4 aliphatic rings. The first-order chi connectivity index (χ1) is 18.9. The van der Waals surface area contributed by atoms with Gasteiger partial charge in [-0.05, 0) is 55.4 Å². The van der Waals surface area contributed by atoms with Crippen molar-refractivity contribution < 1.29 is 19.1 Å². The summed E-state index contributed by atoms with van der Waals surface area (Å²) in [5.74, 6) is -1.67. The van der Waals surface area contributed by atoms with Crippen molar-refractivity contribution in [2.24, 2.45) is 17.8 Å². The van der Waals surface area contributed by atoms with Crippen LogP contribution in [0.3, 0.4) is 0 Å². The number of nitrogens with one attached hydrogen (secondary N) is 2. The highest BCUT2D eigenvalue weighted by molar-refractivity contribution is 6.02. The Bertz CT molecular complexity index is 1290. The number of benzene rings is 2. The average Bonchev–Trinajstić information content (AvgIpc) is 3.56. The van der Waals surface area contributed by atoms with E-state index in [4.69, 9.17) is 4.74 Å². The van der Waals surface area contributed by atoms with Crippen molar-refractivity contribution in [1.29, 1.82) is 0 Å². The van der Waals surface area contributed by atoms with Gasteiger partial charge in [-0.1, -0.05) is 74.4 Å². The van der Waals surface area contributed by atoms with Crippen LogP contribution in [-0.2, 0) is 25.5 Å². The summed E-state index contributed by atoms with van der Waals surface area (Å²) in [6.45, 7) is 4.53. The van der Waals surface area contributed by atoms with Gasteiger partial charge in [-0.2, -0.15) is 0 Å². The number of carbonyl (C=O) groups is 3. The molecule has 3 heterocycles. The van der Waals surface area contributed by atoms with E-state index in [-0.39, 0.29) is 23.8 Å². The van der Waals surface area contributed by atoms with Crippen LogP contribution in [0.15, 0.2) is 66.7 Å². The van der Waals surface area contributed by atoms with Gasteiger partial charge in [-0.15, -0.1) is 0 Å². The fraction of sp³-hybridized carbons (Fsp3) is 0.469. The molecule has 7 unspecified atom stereocenters. The second kappa shape index (κ2) is 10.3. The van der Waals surface area contributed by atoms with Gasteiger partial charge >= 0.3 is 0 Å². The van der Waals surface area contributed by atoms with Crippen molar-refractivity contribution in [2.45, 2.75) is 69.7 Å². The molecule has 1 spiro atoms. The maximum absolute atomic E-state index is 14.1. The molecule has 39 heavy (non-hydrogen) atoms. The minimum atomic E-state index is -1.14. The normalized spacial score (nSPS) is 32.8. The second-order valence-corrected chi connectivity index (χ2v) is 11.7. The molecule has 0 aromatic heterocycles. The summed E-state index contributed by atoms with van der Waals surface area (Å²) in [6.07, 6.45) is 8.12. The fourth-order valence-corrected chi connectivity index (χ4v) is 7.14. The number of hydrogen-bond acceptors (Lipinski definition) is 4. The van der Waals surface area contributed by atoms with Gasteiger partial charge in [0.05, 0.1) is 17.9 Å². The minimum absolute atomic E-state index is 0.0794. The van der Waals surface area contributed by atoms with Gasteiger partial charge < -0.3 is 20.3 Å². The summed E-state index contributed by atoms with van der Waals surface area (Å²) in [4.78, 5) is 43.5. The molecular weight excluding hydrogens is 490 g/mol. The molecule has 3 fully saturated rings. The number of carbonyl (C=O) groups excluding carboxylic acids is 3. The first-order valence-electron chi connectivity index (χ1n) is 14.3. The predicted molar refractivity (Wildman–Crippen MR) is 149 cm³/mol.